The molecule has 2 aromatic carbocycles. The maximum Gasteiger partial charge on any atom is 0.338 e. The van der Waals surface area contributed by atoms with Gasteiger partial charge in [-0.2, -0.15) is 0 Å². The first-order chi connectivity index (χ1) is 12.9. The quantitative estimate of drug-likeness (QED) is 0.651. The minimum Gasteiger partial charge on any atom is -0.452 e. The first-order valence-corrected chi connectivity index (χ1v) is 8.82. The summed E-state index contributed by atoms with van der Waals surface area (Å²) in [6.45, 7) is 1.36. The van der Waals surface area contributed by atoms with Gasteiger partial charge < -0.3 is 10.1 Å². The van der Waals surface area contributed by atoms with E-state index in [2.05, 4.69) is 15.3 Å². The third-order valence-corrected chi connectivity index (χ3v) is 4.41. The summed E-state index contributed by atoms with van der Waals surface area (Å²) in [4.78, 5) is 32.5. The molecule has 0 aliphatic rings. The standard InChI is InChI=1S/C19H15Cl2N3O3/c1-11(14-4-3-13(20)9-15(14)21)24-18(25)10-27-19(26)12-2-5-16-17(8-12)23-7-6-22-16/h2-9,11H,10H2,1H3,(H,24,25)/t11-/m0/s1. The van der Waals surface area contributed by atoms with Gasteiger partial charge >= 0.3 is 5.97 Å². The van der Waals surface area contributed by atoms with Crippen molar-refractivity contribution < 1.29 is 14.3 Å². The molecule has 8 heteroatoms. The molecule has 0 unspecified atom stereocenters. The zero-order valence-electron chi connectivity index (χ0n) is 14.3. The lowest BCUT2D eigenvalue weighted by Gasteiger charge is -2.16. The number of nitrogens with zero attached hydrogens (tertiary/aromatic N) is 2. The molecule has 6 nitrogen and oxygen atoms in total. The first kappa shape index (κ1) is 19.1. The van der Waals surface area contributed by atoms with Crippen LogP contribution in [0.3, 0.4) is 0 Å². The smallest absolute Gasteiger partial charge is 0.338 e. The van der Waals surface area contributed by atoms with Crippen LogP contribution < -0.4 is 5.32 Å². The number of carbonyl (C=O) groups excluding carboxylic acids is 2. The van der Waals surface area contributed by atoms with E-state index in [-0.39, 0.29) is 6.04 Å². The van der Waals surface area contributed by atoms with Gasteiger partial charge in [0.1, 0.15) is 0 Å². The van der Waals surface area contributed by atoms with Crippen molar-refractivity contribution in [2.24, 2.45) is 0 Å². The predicted octanol–water partition coefficient (Wildman–Crippen LogP) is 3.97. The number of benzene rings is 2. The Balaban J connectivity index is 1.58. The van der Waals surface area contributed by atoms with Crippen molar-refractivity contribution in [1.82, 2.24) is 15.3 Å². The number of hydrogen-bond donors (Lipinski definition) is 1. The van der Waals surface area contributed by atoms with E-state index in [1.165, 1.54) is 6.20 Å². The summed E-state index contributed by atoms with van der Waals surface area (Å²) in [5.74, 6) is -1.06. The second-order valence-electron chi connectivity index (χ2n) is 5.79. The molecule has 27 heavy (non-hydrogen) atoms. The number of aromatic nitrogens is 2. The van der Waals surface area contributed by atoms with Gasteiger partial charge in [0.2, 0.25) is 0 Å². The summed E-state index contributed by atoms with van der Waals surface area (Å²) < 4.78 is 5.07. The van der Waals surface area contributed by atoms with Crippen LogP contribution in [0.4, 0.5) is 0 Å². The summed E-state index contributed by atoms with van der Waals surface area (Å²) in [7, 11) is 0. The van der Waals surface area contributed by atoms with Gasteiger partial charge in [0.05, 0.1) is 22.6 Å². The fourth-order valence-electron chi connectivity index (χ4n) is 2.52. The third kappa shape index (κ3) is 4.72. The Morgan fingerprint density at radius 3 is 2.56 bits per heavy atom. The van der Waals surface area contributed by atoms with Gasteiger partial charge in [-0.25, -0.2) is 4.79 Å². The Hall–Kier alpha value is -2.70. The molecular weight excluding hydrogens is 389 g/mol. The normalized spacial score (nSPS) is 11.8. The first-order valence-electron chi connectivity index (χ1n) is 8.06. The number of hydrogen-bond acceptors (Lipinski definition) is 5. The van der Waals surface area contributed by atoms with Gasteiger partial charge in [0.15, 0.2) is 6.61 Å². The van der Waals surface area contributed by atoms with Crippen molar-refractivity contribution in [3.05, 3.63) is 70.0 Å². The second kappa shape index (κ2) is 8.33. The maximum atomic E-state index is 12.2. The zero-order chi connectivity index (χ0) is 19.4. The van der Waals surface area contributed by atoms with E-state index in [1.807, 2.05) is 0 Å². The SMILES string of the molecule is C[C@H](NC(=O)COC(=O)c1ccc2nccnc2c1)c1ccc(Cl)cc1Cl. The van der Waals surface area contributed by atoms with E-state index < -0.39 is 18.5 Å². The molecule has 3 rings (SSSR count). The average Bonchev–Trinajstić information content (AvgIpc) is 2.65. The van der Waals surface area contributed by atoms with Crippen LogP contribution in [0.2, 0.25) is 10.0 Å². The molecule has 1 heterocycles. The predicted molar refractivity (Wildman–Crippen MR) is 103 cm³/mol. The largest absolute Gasteiger partial charge is 0.452 e. The van der Waals surface area contributed by atoms with E-state index in [0.717, 1.165) is 0 Å². The molecule has 0 saturated heterocycles. The molecule has 1 atom stereocenters. The molecule has 0 aliphatic carbocycles. The summed E-state index contributed by atoms with van der Waals surface area (Å²) in [5, 5.41) is 3.69. The van der Waals surface area contributed by atoms with E-state index in [1.54, 1.807) is 49.5 Å². The molecule has 0 bridgehead atoms. The van der Waals surface area contributed by atoms with Crippen LogP contribution in [0.5, 0.6) is 0 Å². The van der Waals surface area contributed by atoms with Crippen LogP contribution in [-0.4, -0.2) is 28.5 Å². The fourth-order valence-corrected chi connectivity index (χ4v) is 3.09. The highest BCUT2D eigenvalue weighted by atomic mass is 35.5. The highest BCUT2D eigenvalue weighted by Crippen LogP contribution is 2.26. The Labute approximate surface area is 165 Å². The van der Waals surface area contributed by atoms with Crippen LogP contribution >= 0.6 is 23.2 Å². The summed E-state index contributed by atoms with van der Waals surface area (Å²) >= 11 is 12.0. The van der Waals surface area contributed by atoms with E-state index in [9.17, 15) is 9.59 Å². The highest BCUT2D eigenvalue weighted by molar-refractivity contribution is 6.35. The molecule has 0 saturated carbocycles. The Kier molecular flexibility index (Phi) is 5.88. The zero-order valence-corrected chi connectivity index (χ0v) is 15.8. The fraction of sp³-hybridized carbons (Fsp3) is 0.158. The Bertz CT molecular complexity index is 1010. The lowest BCUT2D eigenvalue weighted by molar-refractivity contribution is -0.124. The molecule has 0 aliphatic heterocycles. The molecule has 1 aromatic heterocycles. The third-order valence-electron chi connectivity index (χ3n) is 3.85. The van der Waals surface area contributed by atoms with E-state index in [4.69, 9.17) is 27.9 Å². The highest BCUT2D eigenvalue weighted by Gasteiger charge is 2.15. The van der Waals surface area contributed by atoms with Crippen molar-refractivity contribution in [3.8, 4) is 0 Å². The summed E-state index contributed by atoms with van der Waals surface area (Å²) in [5.41, 5.74) is 2.25. The van der Waals surface area contributed by atoms with Gasteiger partial charge in [-0.3, -0.25) is 14.8 Å². The molecule has 1 N–H and O–H groups in total. The van der Waals surface area contributed by atoms with Gasteiger partial charge in [-0.05, 0) is 42.8 Å². The van der Waals surface area contributed by atoms with Crippen LogP contribution in [0.25, 0.3) is 11.0 Å². The maximum absolute atomic E-state index is 12.2. The molecular formula is C19H15Cl2N3O3. The van der Waals surface area contributed by atoms with Crippen LogP contribution in [0.15, 0.2) is 48.8 Å². The molecule has 3 aromatic rings. The van der Waals surface area contributed by atoms with E-state index in [0.29, 0.717) is 32.2 Å². The number of halogens is 2. The van der Waals surface area contributed by atoms with E-state index >= 15 is 0 Å². The van der Waals surface area contributed by atoms with Crippen molar-refractivity contribution in [3.63, 3.8) is 0 Å². The topological polar surface area (TPSA) is 81.2 Å². The number of rotatable bonds is 5. The molecule has 1 amide bonds. The van der Waals surface area contributed by atoms with Gasteiger partial charge in [0.25, 0.3) is 5.91 Å². The molecule has 0 spiro atoms. The van der Waals surface area contributed by atoms with Crippen molar-refractivity contribution in [1.29, 1.82) is 0 Å². The molecule has 138 valence electrons. The summed E-state index contributed by atoms with van der Waals surface area (Å²) in [6.07, 6.45) is 3.10. The monoisotopic (exact) mass is 403 g/mol. The summed E-state index contributed by atoms with van der Waals surface area (Å²) in [6, 6.07) is 9.47. The number of carbonyl (C=O) groups is 2. The van der Waals surface area contributed by atoms with Gasteiger partial charge in [-0.15, -0.1) is 0 Å². The van der Waals surface area contributed by atoms with Crippen LogP contribution in [0.1, 0.15) is 28.9 Å². The Morgan fingerprint density at radius 2 is 1.81 bits per heavy atom. The lowest BCUT2D eigenvalue weighted by Crippen LogP contribution is -2.31. The number of ether oxygens (including phenoxy) is 1. The number of amides is 1. The second-order valence-corrected chi connectivity index (χ2v) is 6.63. The number of nitrogens with one attached hydrogen (secondary N) is 1. The van der Waals surface area contributed by atoms with Crippen molar-refractivity contribution in [2.45, 2.75) is 13.0 Å². The minimum absolute atomic E-state index is 0.296. The van der Waals surface area contributed by atoms with Gasteiger partial charge in [0, 0.05) is 22.4 Å². The number of esters is 1. The lowest BCUT2D eigenvalue weighted by atomic mass is 10.1. The van der Waals surface area contributed by atoms with Crippen molar-refractivity contribution >= 4 is 46.1 Å². The van der Waals surface area contributed by atoms with Crippen LogP contribution in [0, 0.1) is 0 Å². The minimum atomic E-state index is -0.616. The Morgan fingerprint density at radius 1 is 1.07 bits per heavy atom. The number of fused-ring (bicyclic) bond motifs is 1. The van der Waals surface area contributed by atoms with Gasteiger partial charge in [-0.1, -0.05) is 29.3 Å². The molecule has 0 radical (unpaired) electrons. The molecule has 0 fully saturated rings. The van der Waals surface area contributed by atoms with Crippen LogP contribution in [-0.2, 0) is 9.53 Å². The average molecular weight is 404 g/mol. The van der Waals surface area contributed by atoms with Crippen molar-refractivity contribution in [2.75, 3.05) is 6.61 Å².